The van der Waals surface area contributed by atoms with Crippen LogP contribution in [0.5, 0.6) is 0 Å². The van der Waals surface area contributed by atoms with E-state index >= 15 is 0 Å². The minimum Gasteiger partial charge on any atom is -0.300 e. The summed E-state index contributed by atoms with van der Waals surface area (Å²) in [5.74, 6) is 0.611. The lowest BCUT2D eigenvalue weighted by molar-refractivity contribution is -0.122. The third-order valence-corrected chi connectivity index (χ3v) is 7.69. The molecular weight excluding hydrogens is 478 g/mol. The standard InChI is InChI=1S/C29H35N7O2/c1-3-4-10-22-19-36(27-14-7-5-6-11-23(27)20(2)37)29(38)35(22)18-21-15-16-26(30-17-21)24-12-8-9-13-25(24)28-31-33-34-32-28/h8-9,12-13,15-17,19,23,27H,3-7,10-11,14,18H2,1-2H3,(H,31,32,33,34). The number of ketones is 1. The number of nitrogens with one attached hydrogen (secondary N) is 1. The van der Waals surface area contributed by atoms with Crippen LogP contribution >= 0.6 is 0 Å². The van der Waals surface area contributed by atoms with E-state index in [1.807, 2.05) is 57.9 Å². The molecule has 9 heteroatoms. The molecule has 2 atom stereocenters. The van der Waals surface area contributed by atoms with Gasteiger partial charge in [0.15, 0.2) is 0 Å². The lowest BCUT2D eigenvalue weighted by Crippen LogP contribution is -2.33. The van der Waals surface area contributed by atoms with Crippen LogP contribution in [0.1, 0.15) is 76.1 Å². The van der Waals surface area contributed by atoms with E-state index in [0.717, 1.165) is 79.4 Å². The van der Waals surface area contributed by atoms with Gasteiger partial charge in [0.2, 0.25) is 5.82 Å². The van der Waals surface area contributed by atoms with Crippen LogP contribution in [0.15, 0.2) is 53.6 Å². The minimum atomic E-state index is -0.0923. The Morgan fingerprint density at radius 2 is 1.89 bits per heavy atom. The van der Waals surface area contributed by atoms with Gasteiger partial charge in [0.1, 0.15) is 5.78 Å². The molecule has 3 heterocycles. The number of unbranched alkanes of at least 4 members (excludes halogenated alkanes) is 1. The van der Waals surface area contributed by atoms with E-state index in [1.165, 1.54) is 0 Å². The molecule has 0 amide bonds. The van der Waals surface area contributed by atoms with E-state index in [0.29, 0.717) is 12.4 Å². The quantitative estimate of drug-likeness (QED) is 0.316. The van der Waals surface area contributed by atoms with Gasteiger partial charge in [-0.2, -0.15) is 5.21 Å². The fourth-order valence-corrected chi connectivity index (χ4v) is 5.64. The molecule has 3 aromatic heterocycles. The molecule has 198 valence electrons. The number of imidazole rings is 1. The molecular formula is C29H35N7O2. The molecule has 0 aliphatic heterocycles. The predicted molar refractivity (Wildman–Crippen MR) is 146 cm³/mol. The van der Waals surface area contributed by atoms with E-state index in [-0.39, 0.29) is 23.4 Å². The van der Waals surface area contributed by atoms with E-state index in [2.05, 4.69) is 27.5 Å². The summed E-state index contributed by atoms with van der Waals surface area (Å²) >= 11 is 0. The lowest BCUT2D eigenvalue weighted by Gasteiger charge is -2.23. The minimum absolute atomic E-state index is 0.0271. The van der Waals surface area contributed by atoms with Gasteiger partial charge in [-0.25, -0.2) is 4.79 Å². The highest BCUT2D eigenvalue weighted by atomic mass is 16.2. The molecule has 4 aromatic rings. The number of aromatic nitrogens is 7. The Hall–Kier alpha value is -3.88. The van der Waals surface area contributed by atoms with Crippen molar-refractivity contribution in [3.63, 3.8) is 0 Å². The molecule has 0 radical (unpaired) electrons. The van der Waals surface area contributed by atoms with Crippen molar-refractivity contribution in [3.05, 3.63) is 70.5 Å². The van der Waals surface area contributed by atoms with Gasteiger partial charge < -0.3 is 0 Å². The van der Waals surface area contributed by atoms with Crippen molar-refractivity contribution >= 4 is 5.78 Å². The maximum atomic E-state index is 13.8. The first-order valence-electron chi connectivity index (χ1n) is 13.7. The van der Waals surface area contributed by atoms with E-state index in [4.69, 9.17) is 4.98 Å². The first kappa shape index (κ1) is 25.8. The van der Waals surface area contributed by atoms with Crippen LogP contribution in [0.2, 0.25) is 0 Å². The Bertz CT molecular complexity index is 1420. The highest BCUT2D eigenvalue weighted by Gasteiger charge is 2.30. The van der Waals surface area contributed by atoms with Crippen molar-refractivity contribution in [2.24, 2.45) is 5.92 Å². The van der Waals surface area contributed by atoms with Crippen LogP contribution in [0.3, 0.4) is 0 Å². The van der Waals surface area contributed by atoms with E-state index in [1.54, 1.807) is 6.92 Å². The first-order chi connectivity index (χ1) is 18.6. The molecule has 1 aliphatic carbocycles. The van der Waals surface area contributed by atoms with Crippen LogP contribution in [0, 0.1) is 5.92 Å². The van der Waals surface area contributed by atoms with Crippen LogP contribution < -0.4 is 5.69 Å². The van der Waals surface area contributed by atoms with Crippen LogP contribution in [-0.2, 0) is 17.8 Å². The molecule has 2 unspecified atom stereocenters. The van der Waals surface area contributed by atoms with Gasteiger partial charge in [-0.15, -0.1) is 10.2 Å². The maximum absolute atomic E-state index is 13.8. The topological polar surface area (TPSA) is 111 Å². The number of aryl methyl sites for hydroxylation is 1. The molecule has 1 saturated carbocycles. The maximum Gasteiger partial charge on any atom is 0.328 e. The van der Waals surface area contributed by atoms with Gasteiger partial charge >= 0.3 is 5.69 Å². The number of tetrazole rings is 1. The monoisotopic (exact) mass is 513 g/mol. The molecule has 0 spiro atoms. The Morgan fingerprint density at radius 1 is 1.08 bits per heavy atom. The van der Waals surface area contributed by atoms with Crippen LogP contribution in [0.4, 0.5) is 0 Å². The van der Waals surface area contributed by atoms with E-state index < -0.39 is 0 Å². The molecule has 9 nitrogen and oxygen atoms in total. The second kappa shape index (κ2) is 11.7. The first-order valence-corrected chi connectivity index (χ1v) is 13.7. The number of carbonyl (C=O) groups excluding carboxylic acids is 1. The molecule has 1 N–H and O–H groups in total. The molecule has 38 heavy (non-hydrogen) atoms. The van der Waals surface area contributed by atoms with Gasteiger partial charge in [-0.05, 0) is 49.5 Å². The zero-order chi connectivity index (χ0) is 26.5. The van der Waals surface area contributed by atoms with Gasteiger partial charge in [0, 0.05) is 41.2 Å². The second-order valence-electron chi connectivity index (χ2n) is 10.3. The number of benzene rings is 1. The summed E-state index contributed by atoms with van der Waals surface area (Å²) < 4.78 is 3.74. The van der Waals surface area contributed by atoms with Crippen LogP contribution in [0.25, 0.3) is 22.6 Å². The number of hydrogen-bond acceptors (Lipinski definition) is 6. The highest BCUT2D eigenvalue weighted by Crippen LogP contribution is 2.33. The van der Waals surface area contributed by atoms with E-state index in [9.17, 15) is 9.59 Å². The highest BCUT2D eigenvalue weighted by molar-refractivity contribution is 5.79. The summed E-state index contributed by atoms with van der Waals surface area (Å²) in [6.07, 6.45) is 11.7. The Kier molecular flexibility index (Phi) is 7.91. The summed E-state index contributed by atoms with van der Waals surface area (Å²) in [7, 11) is 0. The average Bonchev–Trinajstić information content (AvgIpc) is 3.49. The van der Waals surface area contributed by atoms with Crippen molar-refractivity contribution in [1.82, 2.24) is 34.7 Å². The number of nitrogens with zero attached hydrogens (tertiary/aromatic N) is 6. The summed E-state index contributed by atoms with van der Waals surface area (Å²) in [5, 5.41) is 14.4. The Labute approximate surface area is 222 Å². The Balaban J connectivity index is 1.45. The lowest BCUT2D eigenvalue weighted by atomic mass is 9.91. The summed E-state index contributed by atoms with van der Waals surface area (Å²) in [4.78, 5) is 31.0. The van der Waals surface area contributed by atoms with Gasteiger partial charge in [-0.1, -0.05) is 62.9 Å². The SMILES string of the molecule is CCCCc1cn(C2CCCCCC2C(C)=O)c(=O)n1Cc1ccc(-c2ccccc2-c2nn[nH]n2)nc1. The number of carbonyl (C=O) groups is 1. The van der Waals surface area contributed by atoms with Crippen molar-refractivity contribution in [3.8, 4) is 22.6 Å². The smallest absolute Gasteiger partial charge is 0.300 e. The molecule has 0 bridgehead atoms. The summed E-state index contributed by atoms with van der Waals surface area (Å²) in [6, 6.07) is 11.7. The van der Waals surface area contributed by atoms with Gasteiger partial charge in [0.05, 0.1) is 12.2 Å². The zero-order valence-electron chi connectivity index (χ0n) is 22.1. The summed E-state index contributed by atoms with van der Waals surface area (Å²) in [6.45, 7) is 4.28. The third-order valence-electron chi connectivity index (χ3n) is 7.69. The largest absolute Gasteiger partial charge is 0.328 e. The number of H-pyrrole nitrogens is 1. The van der Waals surface area contributed by atoms with Gasteiger partial charge in [0.25, 0.3) is 0 Å². The second-order valence-corrected chi connectivity index (χ2v) is 10.3. The Morgan fingerprint density at radius 3 is 2.61 bits per heavy atom. The fraction of sp³-hybridized carbons (Fsp3) is 0.448. The summed E-state index contributed by atoms with van der Waals surface area (Å²) in [5.41, 5.74) is 4.51. The van der Waals surface area contributed by atoms with Crippen LogP contribution in [-0.4, -0.2) is 40.5 Å². The molecule has 1 fully saturated rings. The number of Topliss-reactive ketones (excluding diaryl/α,β-unsaturated/α-hetero) is 1. The number of aromatic amines is 1. The number of hydrogen-bond donors (Lipinski definition) is 1. The third kappa shape index (κ3) is 5.37. The zero-order valence-corrected chi connectivity index (χ0v) is 22.1. The van der Waals surface area contributed by atoms with Crippen molar-refractivity contribution in [2.45, 2.75) is 77.8 Å². The molecule has 5 rings (SSSR count). The van der Waals surface area contributed by atoms with Crippen molar-refractivity contribution < 1.29 is 4.79 Å². The molecule has 0 saturated heterocycles. The predicted octanol–water partition coefficient (Wildman–Crippen LogP) is 4.99. The van der Waals surface area contributed by atoms with Gasteiger partial charge in [-0.3, -0.25) is 18.9 Å². The normalized spacial score (nSPS) is 17.8. The number of rotatable bonds is 9. The van der Waals surface area contributed by atoms with Crippen molar-refractivity contribution in [1.29, 1.82) is 0 Å². The number of pyridine rings is 1. The molecule has 1 aliphatic rings. The molecule has 1 aromatic carbocycles. The fourth-order valence-electron chi connectivity index (χ4n) is 5.64. The average molecular weight is 514 g/mol. The van der Waals surface area contributed by atoms with Crippen molar-refractivity contribution in [2.75, 3.05) is 0 Å².